The van der Waals surface area contributed by atoms with Gasteiger partial charge in [-0.3, -0.25) is 4.90 Å². The molecule has 2 rings (SSSR count). The van der Waals surface area contributed by atoms with E-state index in [1.54, 1.807) is 13.2 Å². The van der Waals surface area contributed by atoms with Crippen molar-refractivity contribution in [2.45, 2.75) is 38.5 Å². The summed E-state index contributed by atoms with van der Waals surface area (Å²) in [5, 5.41) is 10.3. The lowest BCUT2D eigenvalue weighted by molar-refractivity contribution is 0.0930. The zero-order chi connectivity index (χ0) is 19.5. The number of allylic oxidation sites excluding steroid dienone is 1. The summed E-state index contributed by atoms with van der Waals surface area (Å²) in [7, 11) is 1.70. The fourth-order valence-electron chi connectivity index (χ4n) is 3.15. The lowest BCUT2D eigenvalue weighted by Crippen LogP contribution is -2.34. The molecule has 0 fully saturated rings. The lowest BCUT2D eigenvalue weighted by Gasteiger charge is -2.25. The van der Waals surface area contributed by atoms with Gasteiger partial charge in [0.05, 0.1) is 12.6 Å². The smallest absolute Gasteiger partial charge is 0.128 e. The quantitative estimate of drug-likeness (QED) is 0.428. The molecule has 5 heteroatoms. The van der Waals surface area contributed by atoms with Crippen molar-refractivity contribution in [3.05, 3.63) is 72.3 Å². The standard InChI is InChI=1S/C22H31FN2O2/c1-3-4-11-21(26)18-24(13-8-15-27-2)17-20-10-7-14-25(20)16-19-9-5-6-12-22(19)23/h3,5-7,9-10,12,14,21,26H,1,4,8,11,13,15-18H2,2H3. The number of benzene rings is 1. The Kier molecular flexibility index (Phi) is 9.25. The number of ether oxygens (including phenoxy) is 1. The first-order valence-corrected chi connectivity index (χ1v) is 9.51. The molecule has 0 radical (unpaired) electrons. The number of aliphatic hydroxyl groups is 1. The van der Waals surface area contributed by atoms with Gasteiger partial charge in [0.1, 0.15) is 5.82 Å². The van der Waals surface area contributed by atoms with Gasteiger partial charge < -0.3 is 14.4 Å². The van der Waals surface area contributed by atoms with Crippen LogP contribution in [-0.4, -0.2) is 47.5 Å². The summed E-state index contributed by atoms with van der Waals surface area (Å²) in [4.78, 5) is 2.24. The summed E-state index contributed by atoms with van der Waals surface area (Å²) in [6.07, 6.45) is 5.83. The van der Waals surface area contributed by atoms with E-state index < -0.39 is 0 Å². The van der Waals surface area contributed by atoms with E-state index in [-0.39, 0.29) is 11.9 Å². The summed E-state index contributed by atoms with van der Waals surface area (Å²) < 4.78 is 21.2. The van der Waals surface area contributed by atoms with Gasteiger partial charge in [0, 0.05) is 50.8 Å². The molecule has 0 aliphatic heterocycles. The monoisotopic (exact) mass is 374 g/mol. The van der Waals surface area contributed by atoms with E-state index in [0.29, 0.717) is 38.2 Å². The summed E-state index contributed by atoms with van der Waals surface area (Å²) in [5.74, 6) is -0.186. The van der Waals surface area contributed by atoms with Gasteiger partial charge in [-0.2, -0.15) is 0 Å². The molecule has 1 aromatic carbocycles. The molecule has 2 aromatic rings. The highest BCUT2D eigenvalue weighted by atomic mass is 19.1. The minimum absolute atomic E-state index is 0.186. The van der Waals surface area contributed by atoms with Crippen molar-refractivity contribution in [1.29, 1.82) is 0 Å². The number of aliphatic hydroxyl groups excluding tert-OH is 1. The molecule has 0 spiro atoms. The fourth-order valence-corrected chi connectivity index (χ4v) is 3.15. The van der Waals surface area contributed by atoms with Crippen molar-refractivity contribution < 1.29 is 14.2 Å². The average molecular weight is 375 g/mol. The third-order valence-electron chi connectivity index (χ3n) is 4.60. The van der Waals surface area contributed by atoms with Crippen molar-refractivity contribution in [1.82, 2.24) is 9.47 Å². The predicted octanol–water partition coefficient (Wildman–Crippen LogP) is 3.84. The van der Waals surface area contributed by atoms with E-state index >= 15 is 0 Å². The molecule has 0 amide bonds. The Morgan fingerprint density at radius 3 is 2.85 bits per heavy atom. The molecular weight excluding hydrogens is 343 g/mol. The van der Waals surface area contributed by atoms with E-state index in [0.717, 1.165) is 25.1 Å². The van der Waals surface area contributed by atoms with Crippen LogP contribution in [0.3, 0.4) is 0 Å². The summed E-state index contributed by atoms with van der Waals surface area (Å²) >= 11 is 0. The molecule has 148 valence electrons. The van der Waals surface area contributed by atoms with Crippen molar-refractivity contribution >= 4 is 0 Å². The molecule has 1 heterocycles. The average Bonchev–Trinajstić information content (AvgIpc) is 3.08. The van der Waals surface area contributed by atoms with Crippen molar-refractivity contribution in [3.63, 3.8) is 0 Å². The maximum Gasteiger partial charge on any atom is 0.128 e. The molecule has 1 N–H and O–H groups in total. The van der Waals surface area contributed by atoms with Crippen LogP contribution in [0.15, 0.2) is 55.3 Å². The zero-order valence-electron chi connectivity index (χ0n) is 16.2. The highest BCUT2D eigenvalue weighted by Gasteiger charge is 2.14. The maximum absolute atomic E-state index is 14.0. The van der Waals surface area contributed by atoms with E-state index in [9.17, 15) is 9.50 Å². The number of nitrogens with zero attached hydrogens (tertiary/aromatic N) is 2. The van der Waals surface area contributed by atoms with Gasteiger partial charge in [-0.05, 0) is 37.5 Å². The Bertz CT molecular complexity index is 686. The number of aromatic nitrogens is 1. The van der Waals surface area contributed by atoms with Crippen LogP contribution in [0.2, 0.25) is 0 Å². The van der Waals surface area contributed by atoms with Crippen molar-refractivity contribution in [3.8, 4) is 0 Å². The zero-order valence-corrected chi connectivity index (χ0v) is 16.2. The van der Waals surface area contributed by atoms with Crippen LogP contribution in [0.25, 0.3) is 0 Å². The predicted molar refractivity (Wildman–Crippen MR) is 107 cm³/mol. The van der Waals surface area contributed by atoms with Crippen LogP contribution in [0.1, 0.15) is 30.5 Å². The number of halogens is 1. The SMILES string of the molecule is C=CCCC(O)CN(CCCOC)Cc1cccn1Cc1ccccc1F. The van der Waals surface area contributed by atoms with Gasteiger partial charge in [0.15, 0.2) is 0 Å². The molecule has 0 bridgehead atoms. The van der Waals surface area contributed by atoms with E-state index in [1.165, 1.54) is 6.07 Å². The third-order valence-corrected chi connectivity index (χ3v) is 4.60. The van der Waals surface area contributed by atoms with Crippen LogP contribution in [0.5, 0.6) is 0 Å². The molecular formula is C22H31FN2O2. The Morgan fingerprint density at radius 1 is 1.30 bits per heavy atom. The van der Waals surface area contributed by atoms with Gasteiger partial charge in [-0.25, -0.2) is 4.39 Å². The molecule has 4 nitrogen and oxygen atoms in total. The second kappa shape index (κ2) is 11.7. The van der Waals surface area contributed by atoms with E-state index in [1.807, 2.05) is 30.5 Å². The minimum Gasteiger partial charge on any atom is -0.392 e. The Labute approximate surface area is 161 Å². The number of hydrogen-bond acceptors (Lipinski definition) is 3. The first-order valence-electron chi connectivity index (χ1n) is 9.51. The normalized spacial score (nSPS) is 12.4. The van der Waals surface area contributed by atoms with Gasteiger partial charge in [0.2, 0.25) is 0 Å². The first kappa shape index (κ1) is 21.4. The first-order chi connectivity index (χ1) is 13.1. The highest BCUT2D eigenvalue weighted by molar-refractivity contribution is 5.19. The molecule has 0 aliphatic rings. The Morgan fingerprint density at radius 2 is 2.11 bits per heavy atom. The van der Waals surface area contributed by atoms with Crippen LogP contribution in [0.4, 0.5) is 4.39 Å². The van der Waals surface area contributed by atoms with Gasteiger partial charge >= 0.3 is 0 Å². The Hall–Kier alpha value is -1.95. The van der Waals surface area contributed by atoms with Crippen LogP contribution < -0.4 is 0 Å². The third kappa shape index (κ3) is 7.29. The van der Waals surface area contributed by atoms with Gasteiger partial charge in [-0.15, -0.1) is 6.58 Å². The van der Waals surface area contributed by atoms with Gasteiger partial charge in [0.25, 0.3) is 0 Å². The second-order valence-electron chi connectivity index (χ2n) is 6.82. The second-order valence-corrected chi connectivity index (χ2v) is 6.82. The summed E-state index contributed by atoms with van der Waals surface area (Å²) in [5.41, 5.74) is 1.78. The summed E-state index contributed by atoms with van der Waals surface area (Å²) in [6, 6.07) is 10.9. The van der Waals surface area contributed by atoms with E-state index in [4.69, 9.17) is 4.74 Å². The number of rotatable bonds is 13. The lowest BCUT2D eigenvalue weighted by atomic mass is 10.1. The van der Waals surface area contributed by atoms with Crippen LogP contribution in [-0.2, 0) is 17.8 Å². The van der Waals surface area contributed by atoms with Gasteiger partial charge in [-0.1, -0.05) is 24.3 Å². The largest absolute Gasteiger partial charge is 0.392 e. The molecule has 0 aliphatic carbocycles. The Balaban J connectivity index is 2.04. The van der Waals surface area contributed by atoms with Crippen molar-refractivity contribution in [2.75, 3.05) is 26.8 Å². The molecule has 1 atom stereocenters. The van der Waals surface area contributed by atoms with Crippen molar-refractivity contribution in [2.24, 2.45) is 0 Å². The number of hydrogen-bond donors (Lipinski definition) is 1. The topological polar surface area (TPSA) is 37.6 Å². The minimum atomic E-state index is -0.388. The molecule has 1 aromatic heterocycles. The fraction of sp³-hybridized carbons (Fsp3) is 0.455. The van der Waals surface area contributed by atoms with Crippen LogP contribution in [0, 0.1) is 5.82 Å². The van der Waals surface area contributed by atoms with Crippen LogP contribution >= 0.6 is 0 Å². The molecule has 1 unspecified atom stereocenters. The molecule has 27 heavy (non-hydrogen) atoms. The number of methoxy groups -OCH3 is 1. The molecule has 0 saturated carbocycles. The molecule has 0 saturated heterocycles. The maximum atomic E-state index is 14.0. The summed E-state index contributed by atoms with van der Waals surface area (Å²) in [6.45, 7) is 7.05. The van der Waals surface area contributed by atoms with E-state index in [2.05, 4.69) is 22.1 Å². The highest BCUT2D eigenvalue weighted by Crippen LogP contribution is 2.14.